The van der Waals surface area contributed by atoms with Gasteiger partial charge in [-0.25, -0.2) is 9.97 Å². The van der Waals surface area contributed by atoms with E-state index in [1.807, 2.05) is 26.4 Å². The minimum atomic E-state index is -0.817. The number of aromatic nitrogens is 4. The molecule has 4 heterocycles. The van der Waals surface area contributed by atoms with Crippen molar-refractivity contribution in [3.8, 4) is 21.6 Å². The molecule has 0 saturated carbocycles. The standard InChI is InChI=1S/C20H20N6OS/c1-11(26(2)3)18(27)14-4-12(6-22-7-14)13-5-15-16(9-24-19(15)23-8-13)17-10-25-20(21)28-17/h4-10,18,27H,1H2,2-3H3,(H2,21,25)(H,23,24). The zero-order valence-corrected chi connectivity index (χ0v) is 16.4. The third-order valence-electron chi connectivity index (χ3n) is 4.62. The van der Waals surface area contributed by atoms with Crippen LogP contribution in [0.4, 0.5) is 5.13 Å². The number of H-pyrrole nitrogens is 1. The van der Waals surface area contributed by atoms with E-state index in [-0.39, 0.29) is 0 Å². The Balaban J connectivity index is 1.75. The third-order valence-corrected chi connectivity index (χ3v) is 5.48. The van der Waals surface area contributed by atoms with Crippen LogP contribution in [-0.2, 0) is 0 Å². The Morgan fingerprint density at radius 3 is 2.68 bits per heavy atom. The molecular formula is C20H20N6OS. The van der Waals surface area contributed by atoms with Gasteiger partial charge in [0.05, 0.1) is 4.88 Å². The van der Waals surface area contributed by atoms with Crippen LogP contribution in [0, 0.1) is 0 Å². The van der Waals surface area contributed by atoms with Gasteiger partial charge in [-0.3, -0.25) is 4.98 Å². The summed E-state index contributed by atoms with van der Waals surface area (Å²) in [6.45, 7) is 3.93. The molecule has 4 N–H and O–H groups in total. The van der Waals surface area contributed by atoms with Gasteiger partial charge < -0.3 is 20.7 Å². The molecular weight excluding hydrogens is 372 g/mol. The number of fused-ring (bicyclic) bond motifs is 1. The molecule has 1 unspecified atom stereocenters. The van der Waals surface area contributed by atoms with E-state index >= 15 is 0 Å². The highest BCUT2D eigenvalue weighted by Crippen LogP contribution is 2.35. The number of likely N-dealkylation sites (N-methyl/N-ethyl adjacent to an activating group) is 1. The largest absolute Gasteiger partial charge is 0.382 e. The molecule has 4 rings (SSSR count). The van der Waals surface area contributed by atoms with Crippen LogP contribution in [0.3, 0.4) is 0 Å². The van der Waals surface area contributed by atoms with Crippen molar-refractivity contribution in [2.45, 2.75) is 6.10 Å². The van der Waals surface area contributed by atoms with E-state index in [0.29, 0.717) is 16.4 Å². The molecule has 0 aliphatic rings. The van der Waals surface area contributed by atoms with E-state index < -0.39 is 6.10 Å². The summed E-state index contributed by atoms with van der Waals surface area (Å²) in [6, 6.07) is 3.96. The van der Waals surface area contributed by atoms with E-state index in [0.717, 1.165) is 32.6 Å². The number of aliphatic hydroxyl groups excluding tert-OH is 1. The van der Waals surface area contributed by atoms with Gasteiger partial charge in [-0.1, -0.05) is 17.9 Å². The van der Waals surface area contributed by atoms with Crippen LogP contribution in [-0.4, -0.2) is 44.0 Å². The maximum atomic E-state index is 10.5. The van der Waals surface area contributed by atoms with Crippen molar-refractivity contribution < 1.29 is 5.11 Å². The predicted octanol–water partition coefficient (Wildman–Crippen LogP) is 3.44. The van der Waals surface area contributed by atoms with Crippen LogP contribution in [0.2, 0.25) is 0 Å². The Kier molecular flexibility index (Phi) is 4.58. The number of rotatable bonds is 5. The van der Waals surface area contributed by atoms with E-state index in [4.69, 9.17) is 5.73 Å². The molecule has 0 bridgehead atoms. The Morgan fingerprint density at radius 1 is 1.18 bits per heavy atom. The van der Waals surface area contributed by atoms with Crippen molar-refractivity contribution in [2.75, 3.05) is 19.8 Å². The molecule has 0 saturated heterocycles. The van der Waals surface area contributed by atoms with Crippen LogP contribution < -0.4 is 5.73 Å². The summed E-state index contributed by atoms with van der Waals surface area (Å²) in [7, 11) is 3.70. The van der Waals surface area contributed by atoms with Gasteiger partial charge in [-0.2, -0.15) is 0 Å². The summed E-state index contributed by atoms with van der Waals surface area (Å²) in [5, 5.41) is 12.1. The second-order valence-corrected chi connectivity index (χ2v) is 7.74. The number of anilines is 1. The quantitative estimate of drug-likeness (QED) is 0.481. The van der Waals surface area contributed by atoms with Crippen molar-refractivity contribution in [3.63, 3.8) is 0 Å². The number of hydrogen-bond acceptors (Lipinski definition) is 7. The molecule has 0 amide bonds. The fourth-order valence-electron chi connectivity index (χ4n) is 2.98. The highest BCUT2D eigenvalue weighted by atomic mass is 32.1. The first kappa shape index (κ1) is 18.1. The SMILES string of the molecule is C=C(C(O)c1cncc(-c2cnc3[nH]cc(-c4cnc(N)s4)c3c2)c1)N(C)C. The maximum absolute atomic E-state index is 10.5. The Labute approximate surface area is 166 Å². The van der Waals surface area contributed by atoms with Crippen molar-refractivity contribution in [1.82, 2.24) is 24.8 Å². The molecule has 0 aliphatic carbocycles. The second kappa shape index (κ2) is 7.06. The monoisotopic (exact) mass is 392 g/mol. The van der Waals surface area contributed by atoms with Gasteiger partial charge in [-0.05, 0) is 12.1 Å². The molecule has 0 aromatic carbocycles. The molecule has 7 nitrogen and oxygen atoms in total. The van der Waals surface area contributed by atoms with Crippen LogP contribution in [0.1, 0.15) is 11.7 Å². The summed E-state index contributed by atoms with van der Waals surface area (Å²) in [5.74, 6) is 0. The van der Waals surface area contributed by atoms with E-state index in [2.05, 4.69) is 32.6 Å². The summed E-state index contributed by atoms with van der Waals surface area (Å²) in [6.07, 6.45) is 8.05. The number of nitrogens with two attached hydrogens (primary N) is 1. The molecule has 4 aromatic heterocycles. The van der Waals surface area contributed by atoms with Crippen molar-refractivity contribution in [1.29, 1.82) is 0 Å². The van der Waals surface area contributed by atoms with Crippen LogP contribution >= 0.6 is 11.3 Å². The lowest BCUT2D eigenvalue weighted by atomic mass is 10.0. The van der Waals surface area contributed by atoms with Gasteiger partial charge in [0, 0.05) is 78.4 Å². The fourth-order valence-corrected chi connectivity index (χ4v) is 3.69. The first-order chi connectivity index (χ1) is 13.4. The number of nitrogen functional groups attached to an aromatic ring is 1. The fraction of sp³-hybridized carbons (Fsp3) is 0.150. The smallest absolute Gasteiger partial charge is 0.180 e. The normalized spacial score (nSPS) is 12.2. The average molecular weight is 392 g/mol. The molecule has 8 heteroatoms. The Morgan fingerprint density at radius 2 is 1.96 bits per heavy atom. The van der Waals surface area contributed by atoms with Gasteiger partial charge in [0.1, 0.15) is 11.8 Å². The van der Waals surface area contributed by atoms with E-state index in [9.17, 15) is 5.11 Å². The number of aromatic amines is 1. The number of thiazole rings is 1. The van der Waals surface area contributed by atoms with E-state index in [1.54, 1.807) is 29.7 Å². The van der Waals surface area contributed by atoms with Gasteiger partial charge in [0.15, 0.2) is 5.13 Å². The van der Waals surface area contributed by atoms with Crippen LogP contribution in [0.25, 0.3) is 32.6 Å². The Hall–Kier alpha value is -3.23. The van der Waals surface area contributed by atoms with E-state index in [1.165, 1.54) is 11.3 Å². The van der Waals surface area contributed by atoms with Gasteiger partial charge in [-0.15, -0.1) is 0 Å². The summed E-state index contributed by atoms with van der Waals surface area (Å²) < 4.78 is 0. The molecule has 4 aromatic rings. The molecule has 28 heavy (non-hydrogen) atoms. The maximum Gasteiger partial charge on any atom is 0.180 e. The molecule has 0 radical (unpaired) electrons. The molecule has 0 spiro atoms. The minimum Gasteiger partial charge on any atom is -0.382 e. The van der Waals surface area contributed by atoms with Gasteiger partial charge >= 0.3 is 0 Å². The van der Waals surface area contributed by atoms with Gasteiger partial charge in [0.25, 0.3) is 0 Å². The highest BCUT2D eigenvalue weighted by Gasteiger charge is 2.16. The number of nitrogens with zero attached hydrogens (tertiary/aromatic N) is 4. The zero-order valence-electron chi connectivity index (χ0n) is 15.5. The topological polar surface area (TPSA) is 104 Å². The van der Waals surface area contributed by atoms with Gasteiger partial charge in [0.2, 0.25) is 0 Å². The lowest BCUT2D eigenvalue weighted by Crippen LogP contribution is -2.16. The third kappa shape index (κ3) is 3.23. The summed E-state index contributed by atoms with van der Waals surface area (Å²) in [4.78, 5) is 18.9. The number of hydrogen-bond donors (Lipinski definition) is 3. The first-order valence-corrected chi connectivity index (χ1v) is 9.44. The molecule has 0 fully saturated rings. The lowest BCUT2D eigenvalue weighted by Gasteiger charge is -2.21. The Bertz CT molecular complexity index is 1160. The molecule has 142 valence electrons. The number of nitrogens with one attached hydrogen (secondary N) is 1. The zero-order chi connectivity index (χ0) is 19.8. The summed E-state index contributed by atoms with van der Waals surface area (Å²) >= 11 is 1.43. The first-order valence-electron chi connectivity index (χ1n) is 8.62. The summed E-state index contributed by atoms with van der Waals surface area (Å²) in [5.41, 5.74) is 10.6. The van der Waals surface area contributed by atoms with Crippen LogP contribution in [0.15, 0.2) is 55.4 Å². The van der Waals surface area contributed by atoms with Crippen LogP contribution in [0.5, 0.6) is 0 Å². The average Bonchev–Trinajstić information content (AvgIpc) is 3.32. The number of aliphatic hydroxyl groups is 1. The number of pyridine rings is 2. The highest BCUT2D eigenvalue weighted by molar-refractivity contribution is 7.18. The van der Waals surface area contributed by atoms with Crippen molar-refractivity contribution in [2.24, 2.45) is 0 Å². The lowest BCUT2D eigenvalue weighted by molar-refractivity contribution is 0.183. The van der Waals surface area contributed by atoms with Crippen molar-refractivity contribution >= 4 is 27.5 Å². The second-order valence-electron chi connectivity index (χ2n) is 6.68. The molecule has 0 aliphatic heterocycles. The van der Waals surface area contributed by atoms with Crippen molar-refractivity contribution in [3.05, 3.63) is 61.0 Å². The predicted molar refractivity (Wildman–Crippen MR) is 113 cm³/mol. The molecule has 1 atom stereocenters. The minimum absolute atomic E-state index is 0.528.